The second-order valence-corrected chi connectivity index (χ2v) is 4.92. The molecule has 0 bridgehead atoms. The highest BCUT2D eigenvalue weighted by Crippen LogP contribution is 2.07. The monoisotopic (exact) mass is 234 g/mol. The summed E-state index contributed by atoms with van der Waals surface area (Å²) in [7, 11) is -3.26. The largest absolute Gasteiger partial charge is 0.283 e. The Morgan fingerprint density at radius 2 is 2.00 bits per heavy atom. The van der Waals surface area contributed by atoms with E-state index in [1.165, 1.54) is 12.4 Å². The van der Waals surface area contributed by atoms with Gasteiger partial charge in [-0.1, -0.05) is 0 Å². The lowest BCUT2D eigenvalue weighted by molar-refractivity contribution is 0.600. The predicted octanol–water partition coefficient (Wildman–Crippen LogP) is 1.45. The minimum Gasteiger partial charge on any atom is -0.283 e. The lowest BCUT2D eigenvalue weighted by atomic mass is 10.4. The first-order valence-electron chi connectivity index (χ1n) is 4.10. The molecular weight excluding hydrogens is 224 g/mol. The summed E-state index contributed by atoms with van der Waals surface area (Å²) in [6.07, 6.45) is 3.50. The number of pyridine rings is 1. The van der Waals surface area contributed by atoms with Crippen molar-refractivity contribution in [1.29, 1.82) is 0 Å². The van der Waals surface area contributed by atoms with Crippen molar-refractivity contribution in [2.24, 2.45) is 0 Å². The molecule has 0 saturated heterocycles. The maximum absolute atomic E-state index is 11.4. The van der Waals surface area contributed by atoms with E-state index in [4.69, 9.17) is 11.6 Å². The van der Waals surface area contributed by atoms with Gasteiger partial charge < -0.3 is 0 Å². The van der Waals surface area contributed by atoms with Crippen molar-refractivity contribution >= 4 is 27.3 Å². The lowest BCUT2D eigenvalue weighted by Crippen LogP contribution is -2.16. The van der Waals surface area contributed by atoms with E-state index in [-0.39, 0.29) is 5.75 Å². The van der Waals surface area contributed by atoms with E-state index in [2.05, 4.69) is 9.71 Å². The van der Waals surface area contributed by atoms with Crippen molar-refractivity contribution in [3.63, 3.8) is 0 Å². The Labute approximate surface area is 88.4 Å². The standard InChI is InChI=1S/C8H11ClN2O2S/c9-4-1-7-14(12,13)11-8-2-5-10-6-3-8/h2-3,5-6H,1,4,7H2,(H,10,11). The highest BCUT2D eigenvalue weighted by Gasteiger charge is 2.08. The van der Waals surface area contributed by atoms with Crippen LogP contribution in [0.4, 0.5) is 5.69 Å². The first kappa shape index (κ1) is 11.3. The summed E-state index contributed by atoms with van der Waals surface area (Å²) in [6, 6.07) is 3.19. The van der Waals surface area contributed by atoms with Gasteiger partial charge in [0, 0.05) is 18.3 Å². The molecule has 0 aliphatic heterocycles. The van der Waals surface area contributed by atoms with Crippen molar-refractivity contribution in [3.05, 3.63) is 24.5 Å². The molecule has 1 rings (SSSR count). The third-order valence-corrected chi connectivity index (χ3v) is 3.14. The molecule has 0 fully saturated rings. The van der Waals surface area contributed by atoms with Crippen molar-refractivity contribution in [2.45, 2.75) is 6.42 Å². The minimum atomic E-state index is -3.26. The number of rotatable bonds is 5. The quantitative estimate of drug-likeness (QED) is 0.785. The second kappa shape index (κ2) is 5.17. The van der Waals surface area contributed by atoms with Crippen LogP contribution in [0.15, 0.2) is 24.5 Å². The van der Waals surface area contributed by atoms with Crippen LogP contribution in [0.5, 0.6) is 0 Å². The van der Waals surface area contributed by atoms with Gasteiger partial charge >= 0.3 is 0 Å². The zero-order valence-electron chi connectivity index (χ0n) is 7.48. The SMILES string of the molecule is O=S(=O)(CCCCl)Nc1ccncc1. The molecule has 0 spiro atoms. The molecule has 1 aromatic heterocycles. The fourth-order valence-corrected chi connectivity index (χ4v) is 2.31. The second-order valence-electron chi connectivity index (χ2n) is 2.70. The van der Waals surface area contributed by atoms with Crippen LogP contribution in [-0.2, 0) is 10.0 Å². The van der Waals surface area contributed by atoms with Crippen LogP contribution in [-0.4, -0.2) is 25.0 Å². The number of hydrogen-bond acceptors (Lipinski definition) is 3. The van der Waals surface area contributed by atoms with Gasteiger partial charge in [-0.2, -0.15) is 0 Å². The van der Waals surface area contributed by atoms with E-state index in [1.807, 2.05) is 0 Å². The average Bonchev–Trinajstić information content (AvgIpc) is 2.16. The number of anilines is 1. The van der Waals surface area contributed by atoms with Crippen LogP contribution in [0.3, 0.4) is 0 Å². The summed E-state index contributed by atoms with van der Waals surface area (Å²) in [6.45, 7) is 0. The summed E-state index contributed by atoms with van der Waals surface area (Å²) in [5.41, 5.74) is 0.523. The van der Waals surface area contributed by atoms with E-state index in [9.17, 15) is 8.42 Å². The Morgan fingerprint density at radius 1 is 1.36 bits per heavy atom. The lowest BCUT2D eigenvalue weighted by Gasteiger charge is -2.05. The number of aromatic nitrogens is 1. The summed E-state index contributed by atoms with van der Waals surface area (Å²) >= 11 is 5.41. The van der Waals surface area contributed by atoms with Crippen molar-refractivity contribution in [1.82, 2.24) is 4.98 Å². The van der Waals surface area contributed by atoms with Crippen LogP contribution in [0.25, 0.3) is 0 Å². The number of nitrogens with zero attached hydrogens (tertiary/aromatic N) is 1. The molecule has 0 amide bonds. The fraction of sp³-hybridized carbons (Fsp3) is 0.375. The van der Waals surface area contributed by atoms with Gasteiger partial charge in [0.05, 0.1) is 11.4 Å². The predicted molar refractivity (Wildman–Crippen MR) is 57.0 cm³/mol. The number of hydrogen-bond donors (Lipinski definition) is 1. The third-order valence-electron chi connectivity index (χ3n) is 1.50. The molecule has 78 valence electrons. The number of nitrogens with one attached hydrogen (secondary N) is 1. The van der Waals surface area contributed by atoms with Crippen LogP contribution in [0.2, 0.25) is 0 Å². The van der Waals surface area contributed by atoms with E-state index >= 15 is 0 Å². The smallest absolute Gasteiger partial charge is 0.232 e. The van der Waals surface area contributed by atoms with Gasteiger partial charge in [0.2, 0.25) is 10.0 Å². The van der Waals surface area contributed by atoms with Crippen molar-refractivity contribution < 1.29 is 8.42 Å². The first-order valence-corrected chi connectivity index (χ1v) is 6.29. The van der Waals surface area contributed by atoms with Gasteiger partial charge in [-0.25, -0.2) is 8.42 Å². The topological polar surface area (TPSA) is 59.1 Å². The molecule has 1 N–H and O–H groups in total. The molecule has 0 aromatic carbocycles. The summed E-state index contributed by atoms with van der Waals surface area (Å²) in [4.78, 5) is 3.78. The van der Waals surface area contributed by atoms with Gasteiger partial charge in [0.15, 0.2) is 0 Å². The Balaban J connectivity index is 2.60. The molecule has 1 aromatic rings. The van der Waals surface area contributed by atoms with Crippen LogP contribution in [0.1, 0.15) is 6.42 Å². The molecule has 0 aliphatic rings. The Morgan fingerprint density at radius 3 is 2.57 bits per heavy atom. The minimum absolute atomic E-state index is 0.0405. The molecule has 14 heavy (non-hydrogen) atoms. The molecular formula is C8H11ClN2O2S. The van der Waals surface area contributed by atoms with Gasteiger partial charge in [0.1, 0.15) is 0 Å². The number of sulfonamides is 1. The highest BCUT2D eigenvalue weighted by molar-refractivity contribution is 7.92. The zero-order valence-corrected chi connectivity index (χ0v) is 9.05. The van der Waals surface area contributed by atoms with Gasteiger partial charge in [0.25, 0.3) is 0 Å². The molecule has 0 saturated carbocycles. The number of halogens is 1. The maximum atomic E-state index is 11.4. The third kappa shape index (κ3) is 3.93. The first-order chi connectivity index (χ1) is 6.64. The van der Waals surface area contributed by atoms with Gasteiger partial charge in [-0.15, -0.1) is 11.6 Å². The zero-order chi connectivity index (χ0) is 10.4. The van der Waals surface area contributed by atoms with E-state index in [0.29, 0.717) is 18.0 Å². The van der Waals surface area contributed by atoms with E-state index in [0.717, 1.165) is 0 Å². The van der Waals surface area contributed by atoms with E-state index < -0.39 is 10.0 Å². The van der Waals surface area contributed by atoms with Crippen molar-refractivity contribution in [3.8, 4) is 0 Å². The van der Waals surface area contributed by atoms with Gasteiger partial charge in [-0.3, -0.25) is 9.71 Å². The van der Waals surface area contributed by atoms with Crippen LogP contribution >= 0.6 is 11.6 Å². The molecule has 1 heterocycles. The molecule has 4 nitrogen and oxygen atoms in total. The van der Waals surface area contributed by atoms with Gasteiger partial charge in [-0.05, 0) is 18.6 Å². The fourth-order valence-electron chi connectivity index (χ4n) is 0.895. The Bertz CT molecular complexity index is 366. The molecule has 0 aliphatic carbocycles. The summed E-state index contributed by atoms with van der Waals surface area (Å²) < 4.78 is 25.2. The Kier molecular flexibility index (Phi) is 4.16. The molecule has 6 heteroatoms. The van der Waals surface area contributed by atoms with Crippen molar-refractivity contribution in [2.75, 3.05) is 16.4 Å². The normalized spacial score (nSPS) is 11.2. The van der Waals surface area contributed by atoms with Crippen LogP contribution < -0.4 is 4.72 Å². The van der Waals surface area contributed by atoms with E-state index in [1.54, 1.807) is 12.1 Å². The highest BCUT2D eigenvalue weighted by atomic mass is 35.5. The molecule has 0 unspecified atom stereocenters. The summed E-state index contributed by atoms with van der Waals surface area (Å²) in [5.74, 6) is 0.385. The maximum Gasteiger partial charge on any atom is 0.232 e. The molecule has 0 radical (unpaired) electrons. The summed E-state index contributed by atoms with van der Waals surface area (Å²) in [5, 5.41) is 0. The molecule has 0 atom stereocenters. The average molecular weight is 235 g/mol. The Hall–Kier alpha value is -0.810. The number of alkyl halides is 1. The van der Waals surface area contributed by atoms with Crippen LogP contribution in [0, 0.1) is 0 Å².